The van der Waals surface area contributed by atoms with Crippen molar-refractivity contribution in [1.82, 2.24) is 25.1 Å². The molecule has 0 aliphatic rings. The SMILES string of the molecule is CC(=O)N(C)C[C@H](O)c1ccc(OCCCn2ncnn2)cc1. The van der Waals surface area contributed by atoms with Crippen LogP contribution < -0.4 is 4.74 Å². The second-order valence-electron chi connectivity index (χ2n) is 5.22. The number of nitrogens with zero attached hydrogens (tertiary/aromatic N) is 5. The Labute approximate surface area is 134 Å². The van der Waals surface area contributed by atoms with E-state index in [1.807, 2.05) is 0 Å². The molecule has 23 heavy (non-hydrogen) atoms. The predicted octanol–water partition coefficient (Wildman–Crippen LogP) is 0.654. The Hall–Kier alpha value is -2.48. The third-order valence-electron chi connectivity index (χ3n) is 3.41. The van der Waals surface area contributed by atoms with Gasteiger partial charge in [-0.2, -0.15) is 4.80 Å². The lowest BCUT2D eigenvalue weighted by molar-refractivity contribution is -0.128. The summed E-state index contributed by atoms with van der Waals surface area (Å²) in [6, 6.07) is 7.21. The molecule has 0 aliphatic heterocycles. The lowest BCUT2D eigenvalue weighted by atomic mass is 10.1. The van der Waals surface area contributed by atoms with Gasteiger partial charge in [0.05, 0.1) is 25.8 Å². The van der Waals surface area contributed by atoms with E-state index in [0.29, 0.717) is 13.2 Å². The first-order valence-corrected chi connectivity index (χ1v) is 7.39. The lowest BCUT2D eigenvalue weighted by Gasteiger charge is -2.19. The summed E-state index contributed by atoms with van der Waals surface area (Å²) in [5.74, 6) is 0.651. The van der Waals surface area contributed by atoms with Crippen LogP contribution >= 0.6 is 0 Å². The zero-order chi connectivity index (χ0) is 16.7. The summed E-state index contributed by atoms with van der Waals surface area (Å²) >= 11 is 0. The molecule has 8 heteroatoms. The fraction of sp³-hybridized carbons (Fsp3) is 0.467. The number of benzene rings is 1. The molecule has 1 atom stereocenters. The molecule has 1 amide bonds. The molecule has 0 unspecified atom stereocenters. The van der Waals surface area contributed by atoms with Gasteiger partial charge in [0.25, 0.3) is 0 Å². The summed E-state index contributed by atoms with van der Waals surface area (Å²) in [6.07, 6.45) is 1.45. The number of aromatic nitrogens is 4. The van der Waals surface area contributed by atoms with E-state index in [9.17, 15) is 9.90 Å². The van der Waals surface area contributed by atoms with Crippen molar-refractivity contribution in [3.8, 4) is 5.75 Å². The van der Waals surface area contributed by atoms with Crippen LogP contribution in [-0.4, -0.2) is 56.3 Å². The third kappa shape index (κ3) is 5.33. The van der Waals surface area contributed by atoms with E-state index in [1.165, 1.54) is 22.9 Å². The summed E-state index contributed by atoms with van der Waals surface area (Å²) in [5.41, 5.74) is 0.747. The highest BCUT2D eigenvalue weighted by Gasteiger charge is 2.12. The zero-order valence-corrected chi connectivity index (χ0v) is 13.3. The molecule has 0 aliphatic carbocycles. The number of carbonyl (C=O) groups excluding carboxylic acids is 1. The van der Waals surface area contributed by atoms with E-state index in [0.717, 1.165) is 17.7 Å². The summed E-state index contributed by atoms with van der Waals surface area (Å²) < 4.78 is 5.62. The van der Waals surface area contributed by atoms with Crippen LogP contribution in [0.1, 0.15) is 25.0 Å². The monoisotopic (exact) mass is 319 g/mol. The maximum Gasteiger partial charge on any atom is 0.219 e. The molecule has 1 aromatic carbocycles. The van der Waals surface area contributed by atoms with E-state index in [2.05, 4.69) is 15.4 Å². The van der Waals surface area contributed by atoms with Gasteiger partial charge in [0.2, 0.25) is 5.91 Å². The molecule has 0 saturated heterocycles. The highest BCUT2D eigenvalue weighted by molar-refractivity contribution is 5.72. The van der Waals surface area contributed by atoms with Gasteiger partial charge in [-0.25, -0.2) is 0 Å². The molecular formula is C15H21N5O3. The Morgan fingerprint density at radius 3 is 2.74 bits per heavy atom. The van der Waals surface area contributed by atoms with E-state index < -0.39 is 6.10 Å². The molecule has 8 nitrogen and oxygen atoms in total. The maximum absolute atomic E-state index is 11.2. The summed E-state index contributed by atoms with van der Waals surface area (Å²) in [4.78, 5) is 14.2. The molecule has 2 aromatic rings. The standard InChI is InChI=1S/C15H21N5O3/c1-12(21)19(2)10-15(22)13-4-6-14(7-5-13)23-9-3-8-20-17-11-16-18-20/h4-7,11,15,22H,3,8-10H2,1-2H3/t15-/m0/s1. The fourth-order valence-corrected chi connectivity index (χ4v) is 1.97. The molecular weight excluding hydrogens is 298 g/mol. The van der Waals surface area contributed by atoms with Crippen molar-refractivity contribution in [1.29, 1.82) is 0 Å². The van der Waals surface area contributed by atoms with Crippen molar-refractivity contribution in [2.45, 2.75) is 26.0 Å². The highest BCUT2D eigenvalue weighted by Crippen LogP contribution is 2.18. The van der Waals surface area contributed by atoms with Gasteiger partial charge in [0, 0.05) is 20.4 Å². The Morgan fingerprint density at radius 2 is 2.13 bits per heavy atom. The van der Waals surface area contributed by atoms with Crippen molar-refractivity contribution in [2.75, 3.05) is 20.2 Å². The van der Waals surface area contributed by atoms with Gasteiger partial charge in [-0.3, -0.25) is 4.79 Å². The smallest absolute Gasteiger partial charge is 0.219 e. The Balaban J connectivity index is 1.76. The molecule has 1 aromatic heterocycles. The minimum atomic E-state index is -0.712. The molecule has 1 heterocycles. The number of ether oxygens (including phenoxy) is 1. The molecule has 0 radical (unpaired) electrons. The van der Waals surface area contributed by atoms with Crippen LogP contribution in [0.2, 0.25) is 0 Å². The van der Waals surface area contributed by atoms with Gasteiger partial charge in [0.15, 0.2) is 6.33 Å². The number of carbonyl (C=O) groups is 1. The number of hydrogen-bond acceptors (Lipinski definition) is 6. The van der Waals surface area contributed by atoms with Crippen LogP contribution in [0, 0.1) is 0 Å². The Kier molecular flexibility index (Phi) is 6.04. The second-order valence-corrected chi connectivity index (χ2v) is 5.22. The van der Waals surface area contributed by atoms with E-state index in [1.54, 1.807) is 31.3 Å². The molecule has 124 valence electrons. The van der Waals surface area contributed by atoms with E-state index in [-0.39, 0.29) is 12.5 Å². The van der Waals surface area contributed by atoms with Crippen molar-refractivity contribution in [3.63, 3.8) is 0 Å². The number of tetrazole rings is 1. The number of rotatable bonds is 8. The predicted molar refractivity (Wildman–Crippen MR) is 82.6 cm³/mol. The van der Waals surface area contributed by atoms with Crippen molar-refractivity contribution in [2.24, 2.45) is 0 Å². The minimum absolute atomic E-state index is 0.0779. The minimum Gasteiger partial charge on any atom is -0.494 e. The van der Waals surface area contributed by atoms with Gasteiger partial charge in [-0.15, -0.1) is 10.2 Å². The maximum atomic E-state index is 11.2. The largest absolute Gasteiger partial charge is 0.494 e. The lowest BCUT2D eigenvalue weighted by Crippen LogP contribution is -2.28. The van der Waals surface area contributed by atoms with Crippen LogP contribution in [0.4, 0.5) is 0 Å². The van der Waals surface area contributed by atoms with Crippen LogP contribution in [0.3, 0.4) is 0 Å². The Bertz CT molecular complexity index is 600. The number of aliphatic hydroxyl groups is 1. The van der Waals surface area contributed by atoms with Crippen LogP contribution in [0.5, 0.6) is 5.75 Å². The van der Waals surface area contributed by atoms with Gasteiger partial charge >= 0.3 is 0 Å². The number of amides is 1. The average molecular weight is 319 g/mol. The van der Waals surface area contributed by atoms with Gasteiger partial charge in [-0.05, 0) is 22.9 Å². The first kappa shape index (κ1) is 16.9. The molecule has 0 bridgehead atoms. The number of aryl methyl sites for hydroxylation is 1. The zero-order valence-electron chi connectivity index (χ0n) is 13.3. The first-order chi connectivity index (χ1) is 11.1. The van der Waals surface area contributed by atoms with Crippen molar-refractivity contribution >= 4 is 5.91 Å². The molecule has 0 saturated carbocycles. The normalized spacial score (nSPS) is 12.0. The van der Waals surface area contributed by atoms with Gasteiger partial charge < -0.3 is 14.7 Å². The summed E-state index contributed by atoms with van der Waals surface area (Å²) in [7, 11) is 1.66. The van der Waals surface area contributed by atoms with Gasteiger partial charge in [-0.1, -0.05) is 12.1 Å². The quantitative estimate of drug-likeness (QED) is 0.718. The topological polar surface area (TPSA) is 93.4 Å². The van der Waals surface area contributed by atoms with E-state index >= 15 is 0 Å². The summed E-state index contributed by atoms with van der Waals surface area (Å²) in [5, 5.41) is 21.4. The van der Waals surface area contributed by atoms with Crippen molar-refractivity contribution in [3.05, 3.63) is 36.2 Å². The number of hydrogen-bond donors (Lipinski definition) is 1. The van der Waals surface area contributed by atoms with E-state index in [4.69, 9.17) is 4.74 Å². The second kappa shape index (κ2) is 8.23. The molecule has 0 spiro atoms. The van der Waals surface area contributed by atoms with Crippen LogP contribution in [0.25, 0.3) is 0 Å². The van der Waals surface area contributed by atoms with Crippen LogP contribution in [-0.2, 0) is 11.3 Å². The Morgan fingerprint density at radius 1 is 1.39 bits per heavy atom. The fourth-order valence-electron chi connectivity index (χ4n) is 1.97. The molecule has 0 fully saturated rings. The molecule has 2 rings (SSSR count). The summed E-state index contributed by atoms with van der Waals surface area (Å²) in [6.45, 7) is 2.92. The number of likely N-dealkylation sites (N-methyl/N-ethyl adjacent to an activating group) is 1. The third-order valence-corrected chi connectivity index (χ3v) is 3.41. The molecule has 1 N–H and O–H groups in total. The van der Waals surface area contributed by atoms with Crippen LogP contribution in [0.15, 0.2) is 30.6 Å². The van der Waals surface area contributed by atoms with Gasteiger partial charge in [0.1, 0.15) is 5.75 Å². The average Bonchev–Trinajstić information content (AvgIpc) is 3.05. The highest BCUT2D eigenvalue weighted by atomic mass is 16.5. The van der Waals surface area contributed by atoms with Crippen molar-refractivity contribution < 1.29 is 14.6 Å². The number of aliphatic hydroxyl groups excluding tert-OH is 1. The first-order valence-electron chi connectivity index (χ1n) is 7.39.